The van der Waals surface area contributed by atoms with Gasteiger partial charge in [-0.25, -0.2) is 4.98 Å². The van der Waals surface area contributed by atoms with Crippen LogP contribution < -0.4 is 15.1 Å². The van der Waals surface area contributed by atoms with Gasteiger partial charge in [0, 0.05) is 25.7 Å². The third kappa shape index (κ3) is 4.45. The number of anilines is 3. The lowest BCUT2D eigenvalue weighted by Crippen LogP contribution is -2.44. The minimum Gasteiger partial charge on any atom is -0.349 e. The highest BCUT2D eigenvalue weighted by Gasteiger charge is 2.33. The average molecular weight is 427 g/mol. The first-order valence-electron chi connectivity index (χ1n) is 8.72. The average Bonchev–Trinajstić information content (AvgIpc) is 2.74. The molecule has 29 heavy (non-hydrogen) atoms. The summed E-state index contributed by atoms with van der Waals surface area (Å²) in [6, 6.07) is 7.28. The molecule has 0 saturated carbocycles. The van der Waals surface area contributed by atoms with Crippen LogP contribution in [0.2, 0.25) is 5.02 Å². The zero-order valence-electron chi connectivity index (χ0n) is 15.6. The Hall–Kier alpha value is -2.81. The van der Waals surface area contributed by atoms with E-state index in [-0.39, 0.29) is 35.6 Å². The number of nitrogens with zero attached hydrogens (tertiary/aromatic N) is 3. The number of aromatic nitrogens is 1. The molecule has 1 aliphatic rings. The first-order valence-corrected chi connectivity index (χ1v) is 9.10. The third-order valence-corrected chi connectivity index (χ3v) is 4.79. The molecule has 6 nitrogen and oxygen atoms in total. The van der Waals surface area contributed by atoms with Crippen LogP contribution in [0.25, 0.3) is 0 Å². The summed E-state index contributed by atoms with van der Waals surface area (Å²) in [5.74, 6) is -0.499. The number of carbonyl (C=O) groups excluding carboxylic acids is 2. The molecule has 0 fully saturated rings. The normalized spacial score (nSPS) is 16.7. The number of benzene rings is 1. The van der Waals surface area contributed by atoms with Crippen LogP contribution in [0.15, 0.2) is 36.5 Å². The zero-order valence-corrected chi connectivity index (χ0v) is 16.4. The molecule has 1 atom stereocenters. The number of hydrogen-bond donors (Lipinski definition) is 1. The van der Waals surface area contributed by atoms with Crippen molar-refractivity contribution in [3.63, 3.8) is 0 Å². The van der Waals surface area contributed by atoms with Gasteiger partial charge in [0.1, 0.15) is 5.82 Å². The Morgan fingerprint density at radius 3 is 2.72 bits per heavy atom. The molecular weight excluding hydrogens is 409 g/mol. The molecule has 0 unspecified atom stereocenters. The summed E-state index contributed by atoms with van der Waals surface area (Å²) in [6.07, 6.45) is -3.77. The predicted octanol–water partition coefficient (Wildman–Crippen LogP) is 3.95. The number of para-hydroxylation sites is 2. The van der Waals surface area contributed by atoms with Crippen LogP contribution in [0.1, 0.15) is 18.9 Å². The van der Waals surface area contributed by atoms with Crippen molar-refractivity contribution in [1.29, 1.82) is 0 Å². The van der Waals surface area contributed by atoms with E-state index < -0.39 is 17.8 Å². The number of rotatable bonds is 3. The standard InChI is InChI=1S/C19H18ClF3N4O2/c1-11-7-16(28)25-14-5-3-4-6-15(14)27(11)17(29)10-26(2)18-13(20)8-12(9-24-18)19(21,22)23/h3-6,8-9,11H,7,10H2,1-2H3,(H,25,28)/t11-/m1/s1. The number of amides is 2. The number of hydrogen-bond acceptors (Lipinski definition) is 4. The topological polar surface area (TPSA) is 65.5 Å². The Labute approximate surface area is 170 Å². The Bertz CT molecular complexity index is 951. The number of fused-ring (bicyclic) bond motifs is 1. The van der Waals surface area contributed by atoms with Crippen LogP contribution in [0.3, 0.4) is 0 Å². The van der Waals surface area contributed by atoms with Crippen molar-refractivity contribution in [1.82, 2.24) is 4.98 Å². The highest BCUT2D eigenvalue weighted by Crippen LogP contribution is 2.34. The van der Waals surface area contributed by atoms with Gasteiger partial charge >= 0.3 is 6.18 Å². The van der Waals surface area contributed by atoms with Gasteiger partial charge in [-0.15, -0.1) is 0 Å². The van der Waals surface area contributed by atoms with Crippen LogP contribution >= 0.6 is 11.6 Å². The SMILES string of the molecule is C[C@@H]1CC(=O)Nc2ccccc2N1C(=O)CN(C)c1ncc(C(F)(F)F)cc1Cl. The van der Waals surface area contributed by atoms with Crippen LogP contribution in [0.5, 0.6) is 0 Å². The molecule has 1 N–H and O–H groups in total. The van der Waals surface area contributed by atoms with Gasteiger partial charge in [0.05, 0.1) is 28.5 Å². The quantitative estimate of drug-likeness (QED) is 0.807. The molecule has 154 valence electrons. The first kappa shape index (κ1) is 20.9. The Morgan fingerprint density at radius 1 is 1.38 bits per heavy atom. The fourth-order valence-electron chi connectivity index (χ4n) is 3.19. The highest BCUT2D eigenvalue weighted by atomic mass is 35.5. The van der Waals surface area contributed by atoms with Crippen molar-refractivity contribution < 1.29 is 22.8 Å². The highest BCUT2D eigenvalue weighted by molar-refractivity contribution is 6.33. The van der Waals surface area contributed by atoms with Crippen molar-refractivity contribution in [2.45, 2.75) is 25.6 Å². The van der Waals surface area contributed by atoms with Crippen LogP contribution in [-0.2, 0) is 15.8 Å². The fourth-order valence-corrected chi connectivity index (χ4v) is 3.50. The van der Waals surface area contributed by atoms with Crippen LogP contribution in [0, 0.1) is 0 Å². The second-order valence-electron chi connectivity index (χ2n) is 6.77. The maximum atomic E-state index is 13.0. The van der Waals surface area contributed by atoms with Gasteiger partial charge in [-0.3, -0.25) is 9.59 Å². The molecule has 3 rings (SSSR count). The molecule has 1 aromatic heterocycles. The number of pyridine rings is 1. The maximum Gasteiger partial charge on any atom is 0.417 e. The van der Waals surface area contributed by atoms with E-state index in [0.29, 0.717) is 17.6 Å². The van der Waals surface area contributed by atoms with Crippen molar-refractivity contribution in [3.05, 3.63) is 47.1 Å². The van der Waals surface area contributed by atoms with Gasteiger partial charge in [0.2, 0.25) is 11.8 Å². The van der Waals surface area contributed by atoms with E-state index in [1.54, 1.807) is 31.2 Å². The number of carbonyl (C=O) groups is 2. The molecule has 0 spiro atoms. The van der Waals surface area contributed by atoms with E-state index in [9.17, 15) is 22.8 Å². The number of nitrogens with one attached hydrogen (secondary N) is 1. The Kier molecular flexibility index (Phi) is 5.70. The summed E-state index contributed by atoms with van der Waals surface area (Å²) < 4.78 is 38.4. The summed E-state index contributed by atoms with van der Waals surface area (Å²) in [7, 11) is 1.51. The molecular formula is C19H18ClF3N4O2. The summed E-state index contributed by atoms with van der Waals surface area (Å²) in [5, 5.41) is 2.55. The van der Waals surface area contributed by atoms with Crippen LogP contribution in [-0.4, -0.2) is 36.4 Å². The summed E-state index contributed by atoms with van der Waals surface area (Å²) in [4.78, 5) is 31.7. The smallest absolute Gasteiger partial charge is 0.349 e. The first-order chi connectivity index (χ1) is 13.6. The summed E-state index contributed by atoms with van der Waals surface area (Å²) in [6.45, 7) is 1.56. The molecule has 0 radical (unpaired) electrons. The number of halogens is 4. The van der Waals surface area contributed by atoms with Crippen molar-refractivity contribution in [2.75, 3.05) is 28.7 Å². The minimum atomic E-state index is -4.56. The van der Waals surface area contributed by atoms with Crippen LogP contribution in [0.4, 0.5) is 30.4 Å². The molecule has 2 heterocycles. The second kappa shape index (κ2) is 7.90. The lowest BCUT2D eigenvalue weighted by molar-refractivity contribution is -0.137. The van der Waals surface area contributed by atoms with E-state index in [4.69, 9.17) is 11.6 Å². The van der Waals surface area contributed by atoms with E-state index in [1.807, 2.05) is 0 Å². The fraction of sp³-hybridized carbons (Fsp3) is 0.316. The van der Waals surface area contributed by atoms with Gasteiger partial charge in [-0.2, -0.15) is 13.2 Å². The van der Waals surface area contributed by atoms with Gasteiger partial charge in [-0.1, -0.05) is 23.7 Å². The van der Waals surface area contributed by atoms with Crippen molar-refractivity contribution >= 4 is 40.6 Å². The van der Waals surface area contributed by atoms with Crippen molar-refractivity contribution in [3.8, 4) is 0 Å². The van der Waals surface area contributed by atoms with Crippen molar-refractivity contribution in [2.24, 2.45) is 0 Å². The lowest BCUT2D eigenvalue weighted by Gasteiger charge is -2.30. The molecule has 0 aliphatic carbocycles. The molecule has 10 heteroatoms. The van der Waals surface area contributed by atoms with E-state index in [2.05, 4.69) is 10.3 Å². The number of likely N-dealkylation sites (N-methyl/N-ethyl adjacent to an activating group) is 1. The minimum absolute atomic E-state index is 0.0537. The Morgan fingerprint density at radius 2 is 2.07 bits per heavy atom. The zero-order chi connectivity index (χ0) is 21.3. The van der Waals surface area contributed by atoms with Gasteiger partial charge in [-0.05, 0) is 25.1 Å². The summed E-state index contributed by atoms with van der Waals surface area (Å²) in [5.41, 5.74) is 0.102. The molecule has 1 aliphatic heterocycles. The largest absolute Gasteiger partial charge is 0.417 e. The number of alkyl halides is 3. The molecule has 1 aromatic carbocycles. The lowest BCUT2D eigenvalue weighted by atomic mass is 10.1. The maximum absolute atomic E-state index is 13.0. The third-order valence-electron chi connectivity index (χ3n) is 4.51. The molecule has 0 bridgehead atoms. The monoisotopic (exact) mass is 426 g/mol. The second-order valence-corrected chi connectivity index (χ2v) is 7.17. The summed E-state index contributed by atoms with van der Waals surface area (Å²) >= 11 is 5.97. The predicted molar refractivity (Wildman–Crippen MR) is 104 cm³/mol. The van der Waals surface area contributed by atoms with Gasteiger partial charge in [0.15, 0.2) is 0 Å². The van der Waals surface area contributed by atoms with Gasteiger partial charge in [0.25, 0.3) is 0 Å². The molecule has 0 saturated heterocycles. The van der Waals surface area contributed by atoms with E-state index in [1.165, 1.54) is 16.8 Å². The van der Waals surface area contributed by atoms with E-state index in [0.717, 1.165) is 6.07 Å². The molecule has 2 aromatic rings. The molecule has 2 amide bonds. The Balaban J connectivity index is 1.85. The van der Waals surface area contributed by atoms with E-state index >= 15 is 0 Å². The van der Waals surface area contributed by atoms with Gasteiger partial charge < -0.3 is 15.1 Å².